The Labute approximate surface area is 92.3 Å². The van der Waals surface area contributed by atoms with E-state index in [4.69, 9.17) is 16.4 Å². The Morgan fingerprint density at radius 3 is 2.33 bits per heavy atom. The second kappa shape index (κ2) is 4.79. The fourth-order valence-electron chi connectivity index (χ4n) is 1.03. The van der Waals surface area contributed by atoms with Crippen LogP contribution in [0.15, 0.2) is 24.3 Å². The van der Waals surface area contributed by atoms with Crippen LogP contribution in [0.1, 0.15) is 13.8 Å². The lowest BCUT2D eigenvalue weighted by Gasteiger charge is -2.19. The number of carbonyl (C=O) groups excluding carboxylic acids is 2. The molecule has 0 aromatic heterocycles. The molecule has 0 N–H and O–H groups in total. The third-order valence-corrected chi connectivity index (χ3v) is 1.90. The normalized spacial score (nSPS) is 9.53. The molecule has 15 heavy (non-hydrogen) atoms. The van der Waals surface area contributed by atoms with Gasteiger partial charge in [-0.3, -0.25) is 4.79 Å². The number of carbonyl (C=O) groups is 2. The van der Waals surface area contributed by atoms with Gasteiger partial charge in [0.05, 0.1) is 5.02 Å². The van der Waals surface area contributed by atoms with Crippen molar-refractivity contribution in [1.82, 2.24) is 0 Å². The molecule has 0 saturated carbocycles. The molecule has 0 spiro atoms. The number of para-hydroxylation sites is 1. The number of rotatable bonds is 1. The third kappa shape index (κ3) is 2.95. The first-order chi connectivity index (χ1) is 7.02. The minimum Gasteiger partial charge on any atom is -0.333 e. The fraction of sp³-hybridized carbons (Fsp3) is 0.200. The van der Waals surface area contributed by atoms with Crippen LogP contribution in [0.3, 0.4) is 0 Å². The molecule has 80 valence electrons. The maximum Gasteiger partial charge on any atom is 0.330 e. The molecule has 1 rings (SSSR count). The van der Waals surface area contributed by atoms with Crippen LogP contribution in [0, 0.1) is 0 Å². The van der Waals surface area contributed by atoms with Crippen LogP contribution < -0.4 is 5.06 Å². The van der Waals surface area contributed by atoms with Gasteiger partial charge >= 0.3 is 5.97 Å². The Bertz CT molecular complexity index is 392. The van der Waals surface area contributed by atoms with Crippen LogP contribution in [-0.4, -0.2) is 11.9 Å². The molecule has 0 saturated heterocycles. The Balaban J connectivity index is 3.04. The minimum absolute atomic E-state index is 0.342. The molecule has 0 aliphatic heterocycles. The van der Waals surface area contributed by atoms with Gasteiger partial charge in [0, 0.05) is 13.8 Å². The lowest BCUT2D eigenvalue weighted by molar-refractivity contribution is -0.147. The van der Waals surface area contributed by atoms with Gasteiger partial charge in [-0.1, -0.05) is 23.7 Å². The number of halogens is 1. The van der Waals surface area contributed by atoms with Crippen molar-refractivity contribution >= 4 is 29.2 Å². The van der Waals surface area contributed by atoms with Gasteiger partial charge in [-0.2, -0.15) is 0 Å². The minimum atomic E-state index is -0.579. The molecule has 0 radical (unpaired) electrons. The van der Waals surface area contributed by atoms with Crippen LogP contribution in [0.25, 0.3) is 0 Å². The standard InChI is InChI=1S/C10H10ClNO3/c1-7(13)12(15-8(2)14)10-6-4-3-5-9(10)11/h3-6H,1-2H3. The summed E-state index contributed by atoms with van der Waals surface area (Å²) >= 11 is 5.86. The molecule has 1 amide bonds. The zero-order chi connectivity index (χ0) is 11.4. The number of nitrogens with zero attached hydrogens (tertiary/aromatic N) is 1. The highest BCUT2D eigenvalue weighted by Crippen LogP contribution is 2.25. The Morgan fingerprint density at radius 1 is 1.27 bits per heavy atom. The first-order valence-electron chi connectivity index (χ1n) is 4.26. The van der Waals surface area contributed by atoms with Gasteiger partial charge in [0.2, 0.25) is 0 Å². The monoisotopic (exact) mass is 227 g/mol. The number of hydroxylamine groups is 1. The van der Waals surface area contributed by atoms with Crippen molar-refractivity contribution < 1.29 is 14.4 Å². The summed E-state index contributed by atoms with van der Waals surface area (Å²) in [6, 6.07) is 6.61. The maximum absolute atomic E-state index is 11.2. The number of hydrogen-bond donors (Lipinski definition) is 0. The zero-order valence-corrected chi connectivity index (χ0v) is 9.12. The van der Waals surface area contributed by atoms with Gasteiger partial charge in [-0.25, -0.2) is 4.79 Å². The first-order valence-corrected chi connectivity index (χ1v) is 4.64. The van der Waals surface area contributed by atoms with E-state index in [0.717, 1.165) is 5.06 Å². The van der Waals surface area contributed by atoms with Crippen molar-refractivity contribution in [2.45, 2.75) is 13.8 Å². The predicted molar refractivity (Wildman–Crippen MR) is 56.4 cm³/mol. The molecular weight excluding hydrogens is 218 g/mol. The van der Waals surface area contributed by atoms with Crippen molar-refractivity contribution in [3.05, 3.63) is 29.3 Å². The first kappa shape index (κ1) is 11.5. The fourth-order valence-corrected chi connectivity index (χ4v) is 1.24. The topological polar surface area (TPSA) is 46.6 Å². The number of amides is 1. The molecule has 0 atom stereocenters. The highest BCUT2D eigenvalue weighted by atomic mass is 35.5. The van der Waals surface area contributed by atoms with E-state index in [2.05, 4.69) is 0 Å². The Kier molecular flexibility index (Phi) is 3.68. The summed E-state index contributed by atoms with van der Waals surface area (Å²) in [4.78, 5) is 26.7. The lowest BCUT2D eigenvalue weighted by atomic mass is 10.3. The Morgan fingerprint density at radius 2 is 1.87 bits per heavy atom. The van der Waals surface area contributed by atoms with E-state index in [1.54, 1.807) is 24.3 Å². The summed E-state index contributed by atoms with van der Waals surface area (Å²) in [5, 5.41) is 1.21. The molecule has 4 nitrogen and oxygen atoms in total. The Hall–Kier alpha value is -1.55. The molecule has 0 heterocycles. The SMILES string of the molecule is CC(=O)ON(C(C)=O)c1ccccc1Cl. The van der Waals surface area contributed by atoms with E-state index < -0.39 is 11.9 Å². The van der Waals surface area contributed by atoms with Crippen molar-refractivity contribution in [3.63, 3.8) is 0 Å². The van der Waals surface area contributed by atoms with Crippen LogP contribution in [0.2, 0.25) is 5.02 Å². The molecule has 0 aliphatic carbocycles. The average Bonchev–Trinajstić information content (AvgIpc) is 2.15. The summed E-state index contributed by atoms with van der Waals surface area (Å²) in [6.45, 7) is 2.50. The summed E-state index contributed by atoms with van der Waals surface area (Å²) in [5.74, 6) is -0.997. The third-order valence-electron chi connectivity index (χ3n) is 1.58. The van der Waals surface area contributed by atoms with E-state index in [9.17, 15) is 9.59 Å². The molecule has 5 heteroatoms. The van der Waals surface area contributed by atoms with Gasteiger partial charge < -0.3 is 4.84 Å². The van der Waals surface area contributed by atoms with Crippen LogP contribution in [0.4, 0.5) is 5.69 Å². The molecule has 0 unspecified atom stereocenters. The van der Waals surface area contributed by atoms with Gasteiger partial charge in [0.1, 0.15) is 5.69 Å². The zero-order valence-electron chi connectivity index (χ0n) is 8.36. The van der Waals surface area contributed by atoms with Crippen molar-refractivity contribution in [3.8, 4) is 0 Å². The van der Waals surface area contributed by atoms with Crippen LogP contribution in [-0.2, 0) is 14.4 Å². The van der Waals surface area contributed by atoms with E-state index in [0.29, 0.717) is 10.7 Å². The molecule has 0 aliphatic rings. The highest BCUT2D eigenvalue weighted by Gasteiger charge is 2.17. The van der Waals surface area contributed by atoms with E-state index in [1.807, 2.05) is 0 Å². The lowest BCUT2D eigenvalue weighted by Crippen LogP contribution is -2.30. The largest absolute Gasteiger partial charge is 0.333 e. The molecule has 0 fully saturated rings. The smallest absolute Gasteiger partial charge is 0.330 e. The molecule has 1 aromatic carbocycles. The molecular formula is C10H10ClNO3. The maximum atomic E-state index is 11.2. The van der Waals surface area contributed by atoms with Crippen molar-refractivity contribution in [1.29, 1.82) is 0 Å². The molecule has 0 bridgehead atoms. The van der Waals surface area contributed by atoms with Crippen molar-refractivity contribution in [2.75, 3.05) is 5.06 Å². The summed E-state index contributed by atoms with van der Waals surface area (Å²) in [7, 11) is 0. The second-order valence-electron chi connectivity index (χ2n) is 2.85. The number of benzene rings is 1. The molecule has 1 aromatic rings. The summed E-state index contributed by atoms with van der Waals surface area (Å²) < 4.78 is 0. The number of anilines is 1. The van der Waals surface area contributed by atoms with Gasteiger partial charge in [0.25, 0.3) is 5.91 Å². The van der Waals surface area contributed by atoms with E-state index in [1.165, 1.54) is 13.8 Å². The van der Waals surface area contributed by atoms with E-state index >= 15 is 0 Å². The van der Waals surface area contributed by atoms with Gasteiger partial charge in [-0.05, 0) is 12.1 Å². The summed E-state index contributed by atoms with van der Waals surface area (Å²) in [5.41, 5.74) is 0.349. The predicted octanol–water partition coefficient (Wildman–Crippen LogP) is 2.17. The summed E-state index contributed by atoms with van der Waals surface area (Å²) in [6.07, 6.45) is 0. The average molecular weight is 228 g/mol. The van der Waals surface area contributed by atoms with Crippen molar-refractivity contribution in [2.24, 2.45) is 0 Å². The van der Waals surface area contributed by atoms with Gasteiger partial charge in [0.15, 0.2) is 0 Å². The number of hydrogen-bond acceptors (Lipinski definition) is 3. The second-order valence-corrected chi connectivity index (χ2v) is 3.25. The van der Waals surface area contributed by atoms with Crippen LogP contribution in [0.5, 0.6) is 0 Å². The van der Waals surface area contributed by atoms with Crippen LogP contribution >= 0.6 is 11.6 Å². The quantitative estimate of drug-likeness (QED) is 0.691. The van der Waals surface area contributed by atoms with E-state index in [-0.39, 0.29) is 0 Å². The van der Waals surface area contributed by atoms with Gasteiger partial charge in [-0.15, -0.1) is 5.06 Å². The highest BCUT2D eigenvalue weighted by molar-refractivity contribution is 6.33.